The summed E-state index contributed by atoms with van der Waals surface area (Å²) in [6.07, 6.45) is 6.59. The summed E-state index contributed by atoms with van der Waals surface area (Å²) in [5, 5.41) is 8.83. The first kappa shape index (κ1) is 10.7. The van der Waals surface area contributed by atoms with Crippen LogP contribution in [0.3, 0.4) is 0 Å². The SMILES string of the molecule is O=C(O)C1CN(c2cc(-n3ccnc3)ncn2)C1. The number of hydrogen-bond donors (Lipinski definition) is 1. The van der Waals surface area contributed by atoms with Crippen LogP contribution in [0.5, 0.6) is 0 Å². The molecule has 0 unspecified atom stereocenters. The van der Waals surface area contributed by atoms with E-state index in [9.17, 15) is 4.79 Å². The lowest BCUT2D eigenvalue weighted by molar-refractivity contribution is -0.142. The van der Waals surface area contributed by atoms with Gasteiger partial charge in [-0.15, -0.1) is 0 Å². The van der Waals surface area contributed by atoms with Crippen molar-refractivity contribution in [3.63, 3.8) is 0 Å². The number of nitrogens with zero attached hydrogens (tertiary/aromatic N) is 5. The summed E-state index contributed by atoms with van der Waals surface area (Å²) in [5.41, 5.74) is 0. The molecule has 92 valence electrons. The molecular formula is C11H11N5O2. The number of aromatic nitrogens is 4. The highest BCUT2D eigenvalue weighted by molar-refractivity contribution is 5.74. The van der Waals surface area contributed by atoms with Crippen molar-refractivity contribution in [1.29, 1.82) is 0 Å². The summed E-state index contributed by atoms with van der Waals surface area (Å²) in [4.78, 5) is 24.9. The summed E-state index contributed by atoms with van der Waals surface area (Å²) in [7, 11) is 0. The van der Waals surface area contributed by atoms with E-state index in [0.29, 0.717) is 13.1 Å². The van der Waals surface area contributed by atoms with Gasteiger partial charge in [0.1, 0.15) is 24.3 Å². The Bertz CT molecular complexity index is 563. The van der Waals surface area contributed by atoms with Gasteiger partial charge in [-0.25, -0.2) is 15.0 Å². The third-order valence-electron chi connectivity index (χ3n) is 2.96. The van der Waals surface area contributed by atoms with Gasteiger partial charge in [0.05, 0.1) is 5.92 Å². The van der Waals surface area contributed by atoms with Gasteiger partial charge in [-0.1, -0.05) is 0 Å². The molecule has 1 saturated heterocycles. The summed E-state index contributed by atoms with van der Waals surface area (Å²) in [5.74, 6) is 0.411. The van der Waals surface area contributed by atoms with Gasteiger partial charge in [-0.2, -0.15) is 0 Å². The predicted octanol–water partition coefficient (Wildman–Crippen LogP) is 0.183. The second-order valence-electron chi connectivity index (χ2n) is 4.14. The van der Waals surface area contributed by atoms with Gasteiger partial charge in [-0.3, -0.25) is 9.36 Å². The standard InChI is InChI=1S/C11H11N5O2/c17-11(18)8-4-16(5-8)10-3-9(13-6-14-10)15-2-1-12-7-15/h1-3,6-8H,4-5H2,(H,17,18). The van der Waals surface area contributed by atoms with Gasteiger partial charge < -0.3 is 10.0 Å². The van der Waals surface area contributed by atoms with Crippen molar-refractivity contribution in [2.45, 2.75) is 0 Å². The van der Waals surface area contributed by atoms with Gasteiger partial charge in [0.25, 0.3) is 0 Å². The Labute approximate surface area is 103 Å². The molecule has 1 fully saturated rings. The third-order valence-corrected chi connectivity index (χ3v) is 2.96. The van der Waals surface area contributed by atoms with Crippen LogP contribution in [-0.4, -0.2) is 43.7 Å². The minimum atomic E-state index is -0.755. The molecule has 0 radical (unpaired) electrons. The maximum atomic E-state index is 10.7. The van der Waals surface area contributed by atoms with Crippen molar-refractivity contribution in [1.82, 2.24) is 19.5 Å². The summed E-state index contributed by atoms with van der Waals surface area (Å²) in [6, 6.07) is 1.82. The Morgan fingerprint density at radius 1 is 1.33 bits per heavy atom. The fraction of sp³-hybridized carbons (Fsp3) is 0.273. The van der Waals surface area contributed by atoms with Gasteiger partial charge in [0.2, 0.25) is 0 Å². The van der Waals surface area contributed by atoms with Crippen LogP contribution in [-0.2, 0) is 4.79 Å². The number of carboxylic acids is 1. The fourth-order valence-corrected chi connectivity index (χ4v) is 1.87. The van der Waals surface area contributed by atoms with E-state index < -0.39 is 5.97 Å². The second kappa shape index (κ2) is 4.10. The van der Waals surface area contributed by atoms with E-state index in [1.165, 1.54) is 6.33 Å². The second-order valence-corrected chi connectivity index (χ2v) is 4.14. The Kier molecular flexibility index (Phi) is 2.44. The van der Waals surface area contributed by atoms with Gasteiger partial charge in [0.15, 0.2) is 0 Å². The number of rotatable bonds is 3. The highest BCUT2D eigenvalue weighted by atomic mass is 16.4. The van der Waals surface area contributed by atoms with E-state index in [1.54, 1.807) is 23.3 Å². The molecule has 0 atom stereocenters. The summed E-state index contributed by atoms with van der Waals surface area (Å²) < 4.78 is 1.78. The lowest BCUT2D eigenvalue weighted by Crippen LogP contribution is -2.50. The normalized spacial score (nSPS) is 15.4. The van der Waals surface area contributed by atoms with Crippen molar-refractivity contribution in [2.24, 2.45) is 5.92 Å². The molecule has 0 saturated carbocycles. The van der Waals surface area contributed by atoms with Crippen molar-refractivity contribution >= 4 is 11.8 Å². The molecule has 2 aromatic rings. The van der Waals surface area contributed by atoms with Crippen molar-refractivity contribution < 1.29 is 9.90 Å². The topological polar surface area (TPSA) is 84.1 Å². The average Bonchev–Trinajstić information content (AvgIpc) is 2.80. The van der Waals surface area contributed by atoms with Crippen LogP contribution >= 0.6 is 0 Å². The number of carbonyl (C=O) groups is 1. The molecule has 3 rings (SSSR count). The lowest BCUT2D eigenvalue weighted by atomic mass is 10.0. The molecule has 3 heterocycles. The van der Waals surface area contributed by atoms with E-state index in [0.717, 1.165) is 11.6 Å². The highest BCUT2D eigenvalue weighted by Crippen LogP contribution is 2.23. The highest BCUT2D eigenvalue weighted by Gasteiger charge is 2.33. The Morgan fingerprint density at radius 2 is 2.11 bits per heavy atom. The number of carboxylic acid groups (broad SMARTS) is 1. The summed E-state index contributed by atoms with van der Waals surface area (Å²) in [6.45, 7) is 0.991. The average molecular weight is 245 g/mol. The maximum absolute atomic E-state index is 10.7. The van der Waals surface area contributed by atoms with Crippen LogP contribution in [0.2, 0.25) is 0 Å². The van der Waals surface area contributed by atoms with Crippen LogP contribution in [0.25, 0.3) is 5.82 Å². The van der Waals surface area contributed by atoms with Crippen LogP contribution in [0.4, 0.5) is 5.82 Å². The van der Waals surface area contributed by atoms with E-state index in [-0.39, 0.29) is 5.92 Å². The zero-order valence-corrected chi connectivity index (χ0v) is 9.47. The predicted molar refractivity (Wildman–Crippen MR) is 62.5 cm³/mol. The Balaban J connectivity index is 1.79. The van der Waals surface area contributed by atoms with E-state index in [4.69, 9.17) is 5.11 Å². The molecule has 1 aliphatic heterocycles. The number of hydrogen-bond acceptors (Lipinski definition) is 5. The Morgan fingerprint density at radius 3 is 2.78 bits per heavy atom. The largest absolute Gasteiger partial charge is 0.481 e. The first-order valence-electron chi connectivity index (χ1n) is 5.52. The fourth-order valence-electron chi connectivity index (χ4n) is 1.87. The van der Waals surface area contributed by atoms with Crippen molar-refractivity contribution in [3.8, 4) is 5.82 Å². The molecule has 7 heteroatoms. The van der Waals surface area contributed by atoms with E-state index in [2.05, 4.69) is 15.0 Å². The van der Waals surface area contributed by atoms with Gasteiger partial charge in [-0.05, 0) is 0 Å². The molecule has 0 amide bonds. The van der Waals surface area contributed by atoms with Gasteiger partial charge >= 0.3 is 5.97 Å². The van der Waals surface area contributed by atoms with E-state index in [1.807, 2.05) is 11.0 Å². The van der Waals surface area contributed by atoms with Crippen LogP contribution in [0.1, 0.15) is 0 Å². The quantitative estimate of drug-likeness (QED) is 0.830. The first-order valence-corrected chi connectivity index (χ1v) is 5.52. The molecule has 18 heavy (non-hydrogen) atoms. The smallest absolute Gasteiger partial charge is 0.310 e. The number of imidazole rings is 1. The molecule has 7 nitrogen and oxygen atoms in total. The molecular weight excluding hydrogens is 234 g/mol. The molecule has 0 aromatic carbocycles. The Hall–Kier alpha value is -2.44. The minimum absolute atomic E-state index is 0.295. The van der Waals surface area contributed by atoms with Gasteiger partial charge in [0, 0.05) is 31.5 Å². The zero-order chi connectivity index (χ0) is 12.5. The monoisotopic (exact) mass is 245 g/mol. The molecule has 1 aliphatic rings. The minimum Gasteiger partial charge on any atom is -0.481 e. The van der Waals surface area contributed by atoms with Crippen molar-refractivity contribution in [3.05, 3.63) is 31.1 Å². The van der Waals surface area contributed by atoms with Crippen LogP contribution in [0.15, 0.2) is 31.1 Å². The van der Waals surface area contributed by atoms with Crippen LogP contribution in [0, 0.1) is 5.92 Å². The molecule has 1 N–H and O–H groups in total. The number of anilines is 1. The number of aliphatic carboxylic acids is 1. The molecule has 0 spiro atoms. The van der Waals surface area contributed by atoms with Crippen LogP contribution < -0.4 is 4.90 Å². The first-order chi connectivity index (χ1) is 8.74. The van der Waals surface area contributed by atoms with E-state index >= 15 is 0 Å². The zero-order valence-electron chi connectivity index (χ0n) is 9.47. The third kappa shape index (κ3) is 1.79. The molecule has 0 aliphatic carbocycles. The molecule has 0 bridgehead atoms. The lowest BCUT2D eigenvalue weighted by Gasteiger charge is -2.37. The summed E-state index contributed by atoms with van der Waals surface area (Å²) >= 11 is 0. The van der Waals surface area contributed by atoms with Crippen molar-refractivity contribution in [2.75, 3.05) is 18.0 Å². The maximum Gasteiger partial charge on any atom is 0.310 e. The molecule has 2 aromatic heterocycles.